The van der Waals surface area contributed by atoms with Gasteiger partial charge in [0.05, 0.1) is 32.5 Å². The van der Waals surface area contributed by atoms with Crippen molar-refractivity contribution in [3.05, 3.63) is 142 Å². The van der Waals surface area contributed by atoms with Crippen LogP contribution in [0.15, 0.2) is 111 Å². The molecule has 652 valence electrons. The first-order valence-corrected chi connectivity index (χ1v) is 37.5. The summed E-state index contributed by atoms with van der Waals surface area (Å²) in [4.78, 5) is 111. The number of carbonyl (C=O) groups is 4. The van der Waals surface area contributed by atoms with Crippen LogP contribution in [0.5, 0.6) is 0 Å². The number of hydrogen-bond acceptors (Lipinski definition) is 20. The van der Waals surface area contributed by atoms with Crippen LogP contribution >= 0.6 is 46.4 Å². The van der Waals surface area contributed by atoms with Crippen molar-refractivity contribution in [3.8, 4) is 45.6 Å². The van der Waals surface area contributed by atoms with E-state index >= 15 is 0 Å². The van der Waals surface area contributed by atoms with Gasteiger partial charge < -0.3 is 62.5 Å². The van der Waals surface area contributed by atoms with E-state index in [1.807, 2.05) is 29.8 Å². The van der Waals surface area contributed by atoms with Gasteiger partial charge in [0.2, 0.25) is 23.6 Å². The number of fused-ring (bicyclic) bond motifs is 4. The summed E-state index contributed by atoms with van der Waals surface area (Å²) < 4.78 is 178. The molecule has 120 heavy (non-hydrogen) atoms. The number of H-pyrrole nitrogens is 4. The maximum Gasteiger partial charge on any atom is 0.405 e. The Bertz CT molecular complexity index is 5590. The van der Waals surface area contributed by atoms with Gasteiger partial charge in [-0.15, -0.1) is 0 Å². The first-order chi connectivity index (χ1) is 56.3. The average Bonchev–Trinajstić information content (AvgIpc) is 1.66. The van der Waals surface area contributed by atoms with Crippen LogP contribution in [0.1, 0.15) is 76.8 Å². The number of anilines is 4. The fraction of sp³-hybridized carbons (Fsp3) is 0.351. The Labute approximate surface area is 700 Å². The van der Waals surface area contributed by atoms with Crippen molar-refractivity contribution >= 4 is 137 Å². The number of amides is 4. The van der Waals surface area contributed by atoms with Gasteiger partial charge in [-0.05, 0) is 72.9 Å². The van der Waals surface area contributed by atoms with E-state index in [-0.39, 0.29) is 56.0 Å². The van der Waals surface area contributed by atoms with Crippen molar-refractivity contribution in [2.75, 3.05) is 47.4 Å². The molecule has 12 aromatic rings. The quantitative estimate of drug-likeness (QED) is 0.0224. The highest BCUT2D eigenvalue weighted by Gasteiger charge is 2.36. The lowest BCUT2D eigenvalue weighted by Gasteiger charge is -2.23. The van der Waals surface area contributed by atoms with Crippen LogP contribution in [-0.4, -0.2) is 178 Å². The molecule has 0 aliphatic rings. The van der Waals surface area contributed by atoms with Crippen molar-refractivity contribution in [1.82, 2.24) is 101 Å². The maximum absolute atomic E-state index is 14.4. The zero-order valence-electron chi connectivity index (χ0n) is 64.1. The third-order valence-corrected chi connectivity index (χ3v) is 17.6. The molecule has 46 heteroatoms. The standard InChI is InChI=1S/C19H19ClF4N6O.C19H20ClF3N6O.C18H17ClF4N6O.C18H18ClF3N6O.6H2/c1-9(2)3-14(18(31)28-8-19(22,23)24)29-17-13(21)7-27-16(30-17)12-6-26-15-11(12)4-10(20)5-25-15;1-10(2)5-14(18(30)27-9-19(21,22)23)28-15-3-4-24-17(29-15)13-8-26-16-12(13)6-11(20)7-25-16;1-8(2)13(17(30)27-7-18(21,22)23)28-16-12(20)6-26-15(29-16)11-5-25-14-10(11)3-9(19)4-24-14;1-9(2)14(17(29)26-8-18(20,21)22)27-13-3-4-23-16(28-13)12-7-25-15-11(12)5-10(19)6-24-15;;;;;;/h4-7,9,14H,3,8H2,1-2H3,(H,25,26)(H,28,31)(H,27,29,30);3-4,6-8,10,14H,5,9H2,1-2H3,(H,25,26)(H,27,30)(H,24,28,29);3-6,8,13H,7H2,1-2H3,(H,24,25)(H,27,30)(H,26,28,29);3-7,9,14H,8H2,1-2H3,(H,24,25)(H,26,29)(H,23,27,28);6*1H/t2*14-;13-;14-;;;;;;/m1111....../s1. The number of nitrogens with one attached hydrogen (secondary N) is 12. The molecule has 0 unspecified atom stereocenters. The largest absolute Gasteiger partial charge is 0.405 e. The second-order valence-electron chi connectivity index (χ2n) is 28.0. The van der Waals surface area contributed by atoms with Crippen molar-refractivity contribution in [2.45, 2.75) is 117 Å². The Morgan fingerprint density at radius 2 is 0.658 bits per heavy atom. The Kier molecular flexibility index (Phi) is 30.7. The van der Waals surface area contributed by atoms with Gasteiger partial charge in [-0.3, -0.25) is 19.2 Å². The molecule has 0 bridgehead atoms. The van der Waals surface area contributed by atoms with Crippen molar-refractivity contribution in [2.24, 2.45) is 23.7 Å². The summed E-state index contributed by atoms with van der Waals surface area (Å²) in [6.45, 7) is 8.23. The second-order valence-corrected chi connectivity index (χ2v) is 29.8. The SMILES string of the molecule is CC(C)C[C@@H](Nc1ccnc(-c2c[nH]c3ncc(Cl)cc23)n1)C(=O)NCC(F)(F)F.CC(C)C[C@@H](Nc1nc(-c2c[nH]c3ncc(Cl)cc23)ncc1F)C(=O)NCC(F)(F)F.CC(C)[C@@H](Nc1ccnc(-c2c[nH]c3ncc(Cl)cc23)n1)C(=O)NCC(F)(F)F.CC(C)[C@@H](Nc1nc(-c2c[nH]c3ncc(Cl)cc23)ncc1F)C(=O)NCC(F)(F)F.[HH].[HH].[HH].[HH].[HH].[HH]. The predicted molar refractivity (Wildman–Crippen MR) is 436 cm³/mol. The first kappa shape index (κ1) is 92.2. The number of hydrogen-bond donors (Lipinski definition) is 12. The van der Waals surface area contributed by atoms with Crippen LogP contribution in [0.3, 0.4) is 0 Å². The van der Waals surface area contributed by atoms with E-state index in [1.54, 1.807) is 102 Å². The summed E-state index contributed by atoms with van der Waals surface area (Å²) in [7, 11) is 0. The molecule has 28 nitrogen and oxygen atoms in total. The van der Waals surface area contributed by atoms with Gasteiger partial charge in [0.25, 0.3) is 0 Å². The number of aromatic nitrogens is 16. The number of halogens is 18. The normalized spacial score (nSPS) is 12.9. The molecule has 0 radical (unpaired) electrons. The molecule has 12 aromatic heterocycles. The molecule has 4 atom stereocenters. The van der Waals surface area contributed by atoms with Gasteiger partial charge in [0.15, 0.2) is 46.6 Å². The van der Waals surface area contributed by atoms with Crippen molar-refractivity contribution in [3.63, 3.8) is 0 Å². The van der Waals surface area contributed by atoms with Gasteiger partial charge >= 0.3 is 24.7 Å². The summed E-state index contributed by atoms with van der Waals surface area (Å²) in [5.74, 6) is -4.81. The van der Waals surface area contributed by atoms with Crippen LogP contribution in [0.4, 0.5) is 84.7 Å². The lowest BCUT2D eigenvalue weighted by atomic mass is 10.0. The Balaban J connectivity index is 0.000000427. The molecule has 0 saturated heterocycles. The highest BCUT2D eigenvalue weighted by molar-refractivity contribution is 6.32. The molecule has 4 amide bonds. The van der Waals surface area contributed by atoms with Gasteiger partial charge in [0, 0.05) is 114 Å². The summed E-state index contributed by atoms with van der Waals surface area (Å²) in [5.41, 5.74) is 4.56. The number of nitrogens with zero attached hydrogens (tertiary/aromatic N) is 12. The third-order valence-electron chi connectivity index (χ3n) is 16.8. The molecule has 0 aliphatic heterocycles. The van der Waals surface area contributed by atoms with Crippen LogP contribution in [0.2, 0.25) is 20.1 Å². The van der Waals surface area contributed by atoms with Crippen LogP contribution < -0.4 is 42.5 Å². The van der Waals surface area contributed by atoms with E-state index in [0.717, 1.165) is 23.2 Å². The zero-order valence-corrected chi connectivity index (χ0v) is 67.1. The van der Waals surface area contributed by atoms with E-state index in [1.165, 1.54) is 43.2 Å². The second kappa shape index (κ2) is 39.9. The van der Waals surface area contributed by atoms with Crippen molar-refractivity contribution < 1.29 is 89.2 Å². The molecule has 0 aliphatic carbocycles. The molecular formula is C74H86Cl4F14N24O4. The predicted octanol–water partition coefficient (Wildman–Crippen LogP) is 17.7. The number of aromatic amines is 4. The van der Waals surface area contributed by atoms with Crippen LogP contribution in [0, 0.1) is 35.3 Å². The number of carbonyl (C=O) groups excluding carboxylic acids is 4. The lowest BCUT2D eigenvalue weighted by molar-refractivity contribution is -0.139. The fourth-order valence-electron chi connectivity index (χ4n) is 11.3. The topological polar surface area (TPSA) is 382 Å². The summed E-state index contributed by atoms with van der Waals surface area (Å²) in [6.07, 6.45) is -0.318. The molecule has 0 spiro atoms. The highest BCUT2D eigenvalue weighted by Crippen LogP contribution is 2.34. The monoisotopic (exact) mass is 1780 g/mol. The number of alkyl halides is 12. The van der Waals surface area contributed by atoms with Gasteiger partial charge in [-0.2, -0.15) is 52.7 Å². The minimum Gasteiger partial charge on any atom is -0.358 e. The van der Waals surface area contributed by atoms with Crippen LogP contribution in [-0.2, 0) is 19.2 Å². The summed E-state index contributed by atoms with van der Waals surface area (Å²) in [5, 5.41) is 22.8. The number of pyridine rings is 4. The minimum absolute atomic E-state index is 0. The molecular weight excluding hydrogens is 1700 g/mol. The van der Waals surface area contributed by atoms with E-state index < -0.39 is 116 Å². The Morgan fingerprint density at radius 1 is 0.375 bits per heavy atom. The zero-order chi connectivity index (χ0) is 87.9. The maximum atomic E-state index is 14.4. The number of rotatable bonds is 26. The Hall–Kier alpha value is -11.7. The molecule has 12 N–H and O–H groups in total. The molecule has 0 aromatic carbocycles. The smallest absolute Gasteiger partial charge is 0.358 e. The van der Waals surface area contributed by atoms with E-state index in [2.05, 4.69) is 101 Å². The van der Waals surface area contributed by atoms with E-state index in [4.69, 9.17) is 46.4 Å². The lowest BCUT2D eigenvalue weighted by Crippen LogP contribution is -2.46. The van der Waals surface area contributed by atoms with E-state index in [9.17, 15) is 80.6 Å². The van der Waals surface area contributed by atoms with Crippen molar-refractivity contribution in [1.29, 1.82) is 0 Å². The molecule has 12 rings (SSSR count). The minimum atomic E-state index is -4.56. The average molecular weight is 1780 g/mol. The van der Waals surface area contributed by atoms with E-state index in [0.29, 0.717) is 105 Å². The molecule has 0 fully saturated rings. The highest BCUT2D eigenvalue weighted by atomic mass is 35.5. The Morgan fingerprint density at radius 3 is 0.967 bits per heavy atom. The van der Waals surface area contributed by atoms with Gasteiger partial charge in [-0.1, -0.05) is 102 Å². The van der Waals surface area contributed by atoms with Crippen LogP contribution in [0.25, 0.3) is 89.7 Å². The van der Waals surface area contributed by atoms with Gasteiger partial charge in [0.1, 0.15) is 84.6 Å². The summed E-state index contributed by atoms with van der Waals surface area (Å²) in [6, 6.07) is 5.75. The fourth-order valence-corrected chi connectivity index (χ4v) is 12.0. The van der Waals surface area contributed by atoms with Gasteiger partial charge in [-0.25, -0.2) is 68.6 Å². The summed E-state index contributed by atoms with van der Waals surface area (Å²) >= 11 is 24.0. The molecule has 0 saturated carbocycles. The first-order valence-electron chi connectivity index (χ1n) is 36.0. The molecule has 12 heterocycles. The third kappa shape index (κ3) is 26.7.